The second-order valence-electron chi connectivity index (χ2n) is 5.90. The Labute approximate surface area is 137 Å². The molecule has 1 saturated carbocycles. The third-order valence-corrected chi connectivity index (χ3v) is 5.60. The number of hydrogen-bond donors (Lipinski definition) is 2. The van der Waals surface area contributed by atoms with Crippen LogP contribution in [0.4, 0.5) is 0 Å². The fourth-order valence-corrected chi connectivity index (χ4v) is 3.79. The van der Waals surface area contributed by atoms with Gasteiger partial charge in [-0.1, -0.05) is 31.8 Å². The molecule has 5 nitrogen and oxygen atoms in total. The van der Waals surface area contributed by atoms with E-state index in [4.69, 9.17) is 6.42 Å². The van der Waals surface area contributed by atoms with Crippen molar-refractivity contribution in [3.05, 3.63) is 29.8 Å². The van der Waals surface area contributed by atoms with E-state index in [1.807, 2.05) is 0 Å². The van der Waals surface area contributed by atoms with Gasteiger partial charge in [0, 0.05) is 11.6 Å². The number of carbonyl (C=O) groups is 1. The normalized spacial score (nSPS) is 21.4. The third-order valence-electron chi connectivity index (χ3n) is 4.20. The smallest absolute Gasteiger partial charge is 0.251 e. The monoisotopic (exact) mass is 334 g/mol. The van der Waals surface area contributed by atoms with Crippen LogP contribution in [0, 0.1) is 18.3 Å². The molecular formula is C17H22N2O3S. The number of nitrogens with one attached hydrogen (secondary N) is 2. The Morgan fingerprint density at radius 3 is 2.78 bits per heavy atom. The molecule has 1 aliphatic rings. The maximum atomic E-state index is 12.4. The molecule has 6 heteroatoms. The minimum Gasteiger partial charge on any atom is -0.349 e. The Balaban J connectivity index is 2.13. The number of sulfonamides is 1. The quantitative estimate of drug-likeness (QED) is 0.808. The first kappa shape index (κ1) is 17.5. The summed E-state index contributed by atoms with van der Waals surface area (Å²) in [5, 5.41) is 3.02. The zero-order chi connectivity index (χ0) is 16.9. The molecule has 0 radical (unpaired) electrons. The van der Waals surface area contributed by atoms with Gasteiger partial charge in [-0.25, -0.2) is 8.42 Å². The van der Waals surface area contributed by atoms with E-state index in [0.717, 1.165) is 19.3 Å². The van der Waals surface area contributed by atoms with Gasteiger partial charge in [0.1, 0.15) is 0 Å². The number of rotatable bonds is 5. The van der Waals surface area contributed by atoms with Gasteiger partial charge in [-0.2, -0.15) is 4.72 Å². The average molecular weight is 334 g/mol. The van der Waals surface area contributed by atoms with Crippen molar-refractivity contribution in [1.82, 2.24) is 10.0 Å². The highest BCUT2D eigenvalue weighted by atomic mass is 32.2. The largest absolute Gasteiger partial charge is 0.349 e. The molecule has 1 aromatic carbocycles. The predicted molar refractivity (Wildman–Crippen MR) is 89.3 cm³/mol. The van der Waals surface area contributed by atoms with Crippen LogP contribution in [0.15, 0.2) is 29.2 Å². The van der Waals surface area contributed by atoms with E-state index < -0.39 is 10.0 Å². The number of amides is 1. The van der Waals surface area contributed by atoms with Crippen LogP contribution in [0.5, 0.6) is 0 Å². The van der Waals surface area contributed by atoms with Crippen LogP contribution in [0.2, 0.25) is 0 Å². The van der Waals surface area contributed by atoms with E-state index in [-0.39, 0.29) is 23.4 Å². The van der Waals surface area contributed by atoms with Crippen molar-refractivity contribution in [2.75, 3.05) is 6.54 Å². The molecule has 2 unspecified atom stereocenters. The first-order valence-corrected chi connectivity index (χ1v) is 9.26. The van der Waals surface area contributed by atoms with E-state index in [2.05, 4.69) is 22.9 Å². The lowest BCUT2D eigenvalue weighted by molar-refractivity contribution is 0.0910. The maximum absolute atomic E-state index is 12.4. The summed E-state index contributed by atoms with van der Waals surface area (Å²) < 4.78 is 26.4. The minimum atomic E-state index is -3.69. The van der Waals surface area contributed by atoms with Gasteiger partial charge in [-0.05, 0) is 37.0 Å². The molecule has 1 amide bonds. The number of hydrogen-bond acceptors (Lipinski definition) is 3. The highest BCUT2D eigenvalue weighted by molar-refractivity contribution is 7.89. The van der Waals surface area contributed by atoms with Crippen LogP contribution in [0.1, 0.15) is 43.0 Å². The Hall–Kier alpha value is -1.84. The van der Waals surface area contributed by atoms with Crippen LogP contribution in [-0.2, 0) is 10.0 Å². The number of terminal acetylenes is 1. The maximum Gasteiger partial charge on any atom is 0.251 e. The zero-order valence-electron chi connectivity index (χ0n) is 13.2. The van der Waals surface area contributed by atoms with E-state index in [1.165, 1.54) is 18.6 Å². The lowest BCUT2D eigenvalue weighted by atomic mass is 9.86. The summed E-state index contributed by atoms with van der Waals surface area (Å²) in [6.07, 6.45) is 9.45. The van der Waals surface area contributed by atoms with Gasteiger partial charge in [0.25, 0.3) is 5.91 Å². The highest BCUT2D eigenvalue weighted by Crippen LogP contribution is 2.24. The summed E-state index contributed by atoms with van der Waals surface area (Å²) in [5.74, 6) is 2.42. The van der Waals surface area contributed by atoms with Crippen molar-refractivity contribution in [2.45, 2.75) is 43.5 Å². The molecule has 124 valence electrons. The molecule has 23 heavy (non-hydrogen) atoms. The van der Waals surface area contributed by atoms with Crippen molar-refractivity contribution in [1.29, 1.82) is 0 Å². The summed E-state index contributed by atoms with van der Waals surface area (Å²) in [7, 11) is -3.69. The fraction of sp³-hybridized carbons (Fsp3) is 0.471. The van der Waals surface area contributed by atoms with Gasteiger partial charge in [-0.3, -0.25) is 4.79 Å². The summed E-state index contributed by atoms with van der Waals surface area (Å²) >= 11 is 0. The van der Waals surface area contributed by atoms with Crippen molar-refractivity contribution in [2.24, 2.45) is 5.92 Å². The van der Waals surface area contributed by atoms with E-state index in [9.17, 15) is 13.2 Å². The third kappa shape index (κ3) is 4.57. The van der Waals surface area contributed by atoms with Crippen LogP contribution in [0.25, 0.3) is 0 Å². The summed E-state index contributed by atoms with van der Waals surface area (Å²) in [5.41, 5.74) is 0.339. The van der Waals surface area contributed by atoms with Crippen molar-refractivity contribution in [3.63, 3.8) is 0 Å². The Morgan fingerprint density at radius 2 is 2.09 bits per heavy atom. The summed E-state index contributed by atoms with van der Waals surface area (Å²) in [6, 6.07) is 6.14. The SMILES string of the molecule is C#CCNS(=O)(=O)c1cccc(C(=O)NC2CCCCC2C)c1. The fourth-order valence-electron chi connectivity index (χ4n) is 2.81. The Morgan fingerprint density at radius 1 is 1.35 bits per heavy atom. The van der Waals surface area contributed by atoms with Crippen LogP contribution < -0.4 is 10.0 Å². The topological polar surface area (TPSA) is 75.3 Å². The second kappa shape index (κ2) is 7.62. The Bertz CT molecular complexity index is 707. The van der Waals surface area contributed by atoms with Gasteiger partial charge in [0.15, 0.2) is 0 Å². The first-order chi connectivity index (χ1) is 10.9. The van der Waals surface area contributed by atoms with Gasteiger partial charge < -0.3 is 5.32 Å². The number of carbonyl (C=O) groups excluding carboxylic acids is 1. The molecular weight excluding hydrogens is 312 g/mol. The van der Waals surface area contributed by atoms with Gasteiger partial charge in [0.05, 0.1) is 11.4 Å². The summed E-state index contributed by atoms with van der Waals surface area (Å²) in [6.45, 7) is 2.05. The van der Waals surface area contributed by atoms with Gasteiger partial charge in [-0.15, -0.1) is 6.42 Å². The standard InChI is InChI=1S/C17H22N2O3S/c1-3-11-18-23(21,22)15-9-6-8-14(12-15)17(20)19-16-10-5-4-7-13(16)2/h1,6,8-9,12-13,16,18H,4-5,7,10-11H2,2H3,(H,19,20). The van der Waals surface area contributed by atoms with Crippen LogP contribution >= 0.6 is 0 Å². The van der Waals surface area contributed by atoms with Gasteiger partial charge in [0.2, 0.25) is 10.0 Å². The molecule has 1 aromatic rings. The van der Waals surface area contributed by atoms with E-state index in [1.54, 1.807) is 12.1 Å². The lowest BCUT2D eigenvalue weighted by Crippen LogP contribution is -2.41. The molecule has 2 N–H and O–H groups in total. The molecule has 0 saturated heterocycles. The van der Waals surface area contributed by atoms with Crippen LogP contribution in [-0.4, -0.2) is 26.9 Å². The molecule has 1 aliphatic carbocycles. The second-order valence-corrected chi connectivity index (χ2v) is 7.67. The first-order valence-electron chi connectivity index (χ1n) is 7.78. The van der Waals surface area contributed by atoms with E-state index in [0.29, 0.717) is 11.5 Å². The molecule has 2 atom stereocenters. The van der Waals surface area contributed by atoms with Crippen molar-refractivity contribution >= 4 is 15.9 Å². The molecule has 0 aromatic heterocycles. The molecule has 0 bridgehead atoms. The van der Waals surface area contributed by atoms with Crippen LogP contribution in [0.3, 0.4) is 0 Å². The predicted octanol–water partition coefficient (Wildman–Crippen LogP) is 1.91. The lowest BCUT2D eigenvalue weighted by Gasteiger charge is -2.29. The molecule has 1 fully saturated rings. The minimum absolute atomic E-state index is 0.0390. The zero-order valence-corrected chi connectivity index (χ0v) is 14.0. The highest BCUT2D eigenvalue weighted by Gasteiger charge is 2.23. The molecule has 0 heterocycles. The molecule has 2 rings (SSSR count). The molecule has 0 aliphatic heterocycles. The Kier molecular flexibility index (Phi) is 5.80. The average Bonchev–Trinajstić information content (AvgIpc) is 2.55. The van der Waals surface area contributed by atoms with Gasteiger partial charge >= 0.3 is 0 Å². The van der Waals surface area contributed by atoms with E-state index >= 15 is 0 Å². The summed E-state index contributed by atoms with van der Waals surface area (Å²) in [4.78, 5) is 12.4. The van der Waals surface area contributed by atoms with Crippen molar-refractivity contribution in [3.8, 4) is 12.3 Å². The molecule has 0 spiro atoms. The van der Waals surface area contributed by atoms with Crippen molar-refractivity contribution < 1.29 is 13.2 Å². The number of benzene rings is 1.